The molecule has 0 bridgehead atoms. The van der Waals surface area contributed by atoms with Crippen molar-refractivity contribution in [2.24, 2.45) is 0 Å². The number of rotatable bonds is 7. The number of carbonyl (C=O) groups excluding carboxylic acids is 2. The van der Waals surface area contributed by atoms with Crippen LogP contribution in [0.1, 0.15) is 51.0 Å². The van der Waals surface area contributed by atoms with Crippen LogP contribution in [0, 0.1) is 0 Å². The van der Waals surface area contributed by atoms with Gasteiger partial charge in [0, 0.05) is 32.5 Å². The first-order valence-corrected chi connectivity index (χ1v) is 9.73. The number of methoxy groups -OCH3 is 1. The molecule has 1 aliphatic rings. The minimum absolute atomic E-state index is 0.0310. The molecule has 7 nitrogen and oxygen atoms in total. The molecule has 0 spiro atoms. The maximum atomic E-state index is 12.8. The molecule has 1 N–H and O–H groups in total. The molecule has 0 aliphatic carbocycles. The van der Waals surface area contributed by atoms with Crippen LogP contribution in [0.15, 0.2) is 24.3 Å². The second-order valence-electron chi connectivity index (χ2n) is 7.35. The lowest BCUT2D eigenvalue weighted by atomic mass is 9.96. The molecule has 2 atom stereocenters. The molecular formula is C21H30N2O5. The molecule has 1 aromatic rings. The largest absolute Gasteiger partial charge is 0.496 e. The summed E-state index contributed by atoms with van der Waals surface area (Å²) >= 11 is 0. The monoisotopic (exact) mass is 390 g/mol. The number of carbonyl (C=O) groups is 3. The van der Waals surface area contributed by atoms with Crippen LogP contribution in [0.2, 0.25) is 0 Å². The number of likely N-dealkylation sites (tertiary alicyclic amines) is 1. The summed E-state index contributed by atoms with van der Waals surface area (Å²) in [5.74, 6) is -0.366. The van der Waals surface area contributed by atoms with Crippen LogP contribution in [0.3, 0.4) is 0 Å². The zero-order valence-electron chi connectivity index (χ0n) is 16.9. The fourth-order valence-electron chi connectivity index (χ4n) is 3.86. The molecule has 1 heterocycles. The summed E-state index contributed by atoms with van der Waals surface area (Å²) in [5, 5.41) is 9.06. The Balaban J connectivity index is 1.98. The van der Waals surface area contributed by atoms with Crippen LogP contribution in [0.5, 0.6) is 5.75 Å². The van der Waals surface area contributed by atoms with Gasteiger partial charge in [-0.05, 0) is 36.8 Å². The number of carboxylic acids is 1. The lowest BCUT2D eigenvalue weighted by molar-refractivity contribution is -0.145. The van der Waals surface area contributed by atoms with Gasteiger partial charge in [0.1, 0.15) is 12.3 Å². The number of para-hydroxylation sites is 1. The summed E-state index contributed by atoms with van der Waals surface area (Å²) in [6.45, 7) is 4.28. The van der Waals surface area contributed by atoms with E-state index >= 15 is 0 Å². The van der Waals surface area contributed by atoms with Gasteiger partial charge in [0.2, 0.25) is 11.8 Å². The van der Waals surface area contributed by atoms with Gasteiger partial charge in [0.25, 0.3) is 0 Å². The van der Waals surface area contributed by atoms with Crippen LogP contribution in [0.25, 0.3) is 0 Å². The normalized spacial score (nSPS) is 18.1. The Bertz CT molecular complexity index is 706. The summed E-state index contributed by atoms with van der Waals surface area (Å²) in [7, 11) is 1.63. The fraction of sp³-hybridized carbons (Fsp3) is 0.571. The highest BCUT2D eigenvalue weighted by Gasteiger charge is 2.28. The van der Waals surface area contributed by atoms with E-state index in [1.807, 2.05) is 36.1 Å². The van der Waals surface area contributed by atoms with E-state index in [-0.39, 0.29) is 30.3 Å². The molecule has 1 aliphatic heterocycles. The van der Waals surface area contributed by atoms with E-state index in [0.29, 0.717) is 32.4 Å². The van der Waals surface area contributed by atoms with Crippen molar-refractivity contribution in [3.8, 4) is 5.75 Å². The van der Waals surface area contributed by atoms with Gasteiger partial charge in [-0.2, -0.15) is 0 Å². The van der Waals surface area contributed by atoms with E-state index in [1.54, 1.807) is 7.11 Å². The minimum atomic E-state index is -1.02. The van der Waals surface area contributed by atoms with E-state index < -0.39 is 5.97 Å². The average molecular weight is 390 g/mol. The van der Waals surface area contributed by atoms with E-state index in [0.717, 1.165) is 17.7 Å². The van der Waals surface area contributed by atoms with Crippen molar-refractivity contribution in [2.45, 2.75) is 51.5 Å². The highest BCUT2D eigenvalue weighted by atomic mass is 16.5. The second kappa shape index (κ2) is 10.1. The Hall–Kier alpha value is -2.57. The Kier molecular flexibility index (Phi) is 7.84. The minimum Gasteiger partial charge on any atom is -0.496 e. The SMILES string of the molecule is COc1ccccc1C(C)CC(=O)N1CCCC(N(CC(=O)O)C(C)=O)CC1. The standard InChI is InChI=1S/C21H30N2O5/c1-15(18-8-4-5-9-19(18)28-3)13-20(25)22-11-6-7-17(10-12-22)23(16(2)24)14-21(26)27/h4-5,8-9,15,17H,6-7,10-14H2,1-3H3,(H,26,27). The first-order chi connectivity index (χ1) is 13.3. The molecular weight excluding hydrogens is 360 g/mol. The van der Waals surface area contributed by atoms with Gasteiger partial charge in [0.05, 0.1) is 7.11 Å². The Morgan fingerprint density at radius 3 is 2.61 bits per heavy atom. The fourth-order valence-corrected chi connectivity index (χ4v) is 3.86. The maximum Gasteiger partial charge on any atom is 0.323 e. The van der Waals surface area contributed by atoms with Crippen LogP contribution in [-0.2, 0) is 14.4 Å². The first-order valence-electron chi connectivity index (χ1n) is 9.73. The molecule has 28 heavy (non-hydrogen) atoms. The Labute approximate surface area is 166 Å². The van der Waals surface area contributed by atoms with E-state index in [1.165, 1.54) is 11.8 Å². The van der Waals surface area contributed by atoms with Crippen LogP contribution < -0.4 is 4.74 Å². The molecule has 2 unspecified atom stereocenters. The highest BCUT2D eigenvalue weighted by molar-refractivity contribution is 5.80. The summed E-state index contributed by atoms with van der Waals surface area (Å²) < 4.78 is 5.40. The van der Waals surface area contributed by atoms with Crippen LogP contribution in [0.4, 0.5) is 0 Å². The number of amides is 2. The van der Waals surface area contributed by atoms with Gasteiger partial charge in [-0.15, -0.1) is 0 Å². The van der Waals surface area contributed by atoms with Gasteiger partial charge < -0.3 is 19.6 Å². The topological polar surface area (TPSA) is 87.2 Å². The van der Waals surface area contributed by atoms with Gasteiger partial charge in [-0.25, -0.2) is 0 Å². The van der Waals surface area contributed by atoms with E-state index in [2.05, 4.69) is 0 Å². The molecule has 1 fully saturated rings. The highest BCUT2D eigenvalue weighted by Crippen LogP contribution is 2.29. The van der Waals surface area contributed by atoms with Crippen molar-refractivity contribution >= 4 is 17.8 Å². The Morgan fingerprint density at radius 1 is 1.25 bits per heavy atom. The van der Waals surface area contributed by atoms with Crippen molar-refractivity contribution in [1.82, 2.24) is 9.80 Å². The quantitative estimate of drug-likeness (QED) is 0.773. The molecule has 1 aromatic carbocycles. The van der Waals surface area contributed by atoms with Crippen molar-refractivity contribution in [3.63, 3.8) is 0 Å². The van der Waals surface area contributed by atoms with Gasteiger partial charge in [-0.1, -0.05) is 25.1 Å². The van der Waals surface area contributed by atoms with Crippen LogP contribution in [-0.4, -0.2) is 65.5 Å². The molecule has 0 aromatic heterocycles. The van der Waals surface area contributed by atoms with Crippen LogP contribution >= 0.6 is 0 Å². The first kappa shape index (κ1) is 21.7. The summed E-state index contributed by atoms with van der Waals surface area (Å²) in [4.78, 5) is 39.0. The lowest BCUT2D eigenvalue weighted by Crippen LogP contribution is -2.43. The number of ether oxygens (including phenoxy) is 1. The number of carboxylic acid groups (broad SMARTS) is 1. The smallest absolute Gasteiger partial charge is 0.323 e. The van der Waals surface area contributed by atoms with Crippen molar-refractivity contribution in [2.75, 3.05) is 26.7 Å². The van der Waals surface area contributed by atoms with Crippen molar-refractivity contribution in [3.05, 3.63) is 29.8 Å². The number of hydrogen-bond acceptors (Lipinski definition) is 4. The molecule has 7 heteroatoms. The van der Waals surface area contributed by atoms with Crippen molar-refractivity contribution < 1.29 is 24.2 Å². The van der Waals surface area contributed by atoms with E-state index in [9.17, 15) is 14.4 Å². The number of hydrogen-bond donors (Lipinski definition) is 1. The zero-order chi connectivity index (χ0) is 20.7. The molecule has 154 valence electrons. The molecule has 1 saturated heterocycles. The Morgan fingerprint density at radius 2 is 1.96 bits per heavy atom. The summed E-state index contributed by atoms with van der Waals surface area (Å²) in [5.41, 5.74) is 1.01. The number of benzene rings is 1. The summed E-state index contributed by atoms with van der Waals surface area (Å²) in [6.07, 6.45) is 2.44. The third kappa shape index (κ3) is 5.71. The number of aliphatic carboxylic acids is 1. The lowest BCUT2D eigenvalue weighted by Gasteiger charge is -2.29. The molecule has 0 saturated carbocycles. The maximum absolute atomic E-state index is 12.8. The summed E-state index contributed by atoms with van der Waals surface area (Å²) in [6, 6.07) is 7.58. The predicted molar refractivity (Wildman–Crippen MR) is 105 cm³/mol. The third-order valence-corrected chi connectivity index (χ3v) is 5.35. The van der Waals surface area contributed by atoms with Gasteiger partial charge in [0.15, 0.2) is 0 Å². The van der Waals surface area contributed by atoms with Gasteiger partial charge >= 0.3 is 5.97 Å². The number of nitrogens with zero attached hydrogens (tertiary/aromatic N) is 2. The average Bonchev–Trinajstić information content (AvgIpc) is 2.91. The van der Waals surface area contributed by atoms with E-state index in [4.69, 9.17) is 9.84 Å². The second-order valence-corrected chi connectivity index (χ2v) is 7.35. The molecule has 2 amide bonds. The van der Waals surface area contributed by atoms with Gasteiger partial charge in [-0.3, -0.25) is 14.4 Å². The molecule has 0 radical (unpaired) electrons. The predicted octanol–water partition coefficient (Wildman–Crippen LogP) is 2.50. The zero-order valence-corrected chi connectivity index (χ0v) is 16.9. The molecule has 2 rings (SSSR count). The third-order valence-electron chi connectivity index (χ3n) is 5.35. The van der Waals surface area contributed by atoms with Crippen molar-refractivity contribution in [1.29, 1.82) is 0 Å².